The number of halogens is 1. The van der Waals surface area contributed by atoms with Crippen molar-refractivity contribution in [2.24, 2.45) is 0 Å². The van der Waals surface area contributed by atoms with Crippen LogP contribution in [0.15, 0.2) is 40.8 Å². The van der Waals surface area contributed by atoms with Gasteiger partial charge in [-0.05, 0) is 44.0 Å². The molecule has 4 nitrogen and oxygen atoms in total. The van der Waals surface area contributed by atoms with Gasteiger partial charge in [0.1, 0.15) is 11.5 Å². The largest absolute Gasteiger partial charge is 0.481 e. The smallest absolute Gasteiger partial charge is 0.261 e. The number of carbonyl (C=O) groups is 1. The summed E-state index contributed by atoms with van der Waals surface area (Å²) in [5.74, 6) is 1.11. The molecule has 0 unspecified atom stereocenters. The second kappa shape index (κ2) is 6.22. The molecular formula is C17H18FNO3. The second-order valence-corrected chi connectivity index (χ2v) is 5.41. The van der Waals surface area contributed by atoms with Crippen LogP contribution < -0.4 is 4.74 Å². The number of hydrogen-bond donors (Lipinski definition) is 0. The van der Waals surface area contributed by atoms with Gasteiger partial charge in [0.15, 0.2) is 18.2 Å². The van der Waals surface area contributed by atoms with Gasteiger partial charge in [-0.1, -0.05) is 12.1 Å². The van der Waals surface area contributed by atoms with Crippen LogP contribution in [0, 0.1) is 12.7 Å². The van der Waals surface area contributed by atoms with E-state index in [0.29, 0.717) is 6.54 Å². The fourth-order valence-corrected chi connectivity index (χ4v) is 2.78. The van der Waals surface area contributed by atoms with Crippen LogP contribution in [-0.4, -0.2) is 24.0 Å². The molecule has 2 heterocycles. The van der Waals surface area contributed by atoms with Crippen molar-refractivity contribution in [2.75, 3.05) is 13.2 Å². The summed E-state index contributed by atoms with van der Waals surface area (Å²) < 4.78 is 24.4. The van der Waals surface area contributed by atoms with Crippen LogP contribution in [0.2, 0.25) is 0 Å². The molecule has 5 heteroatoms. The minimum absolute atomic E-state index is 0.0505. The molecule has 2 aromatic rings. The Morgan fingerprint density at radius 3 is 2.91 bits per heavy atom. The topological polar surface area (TPSA) is 42.7 Å². The number of para-hydroxylation sites is 1. The summed E-state index contributed by atoms with van der Waals surface area (Å²) in [6, 6.07) is 9.83. The van der Waals surface area contributed by atoms with E-state index in [9.17, 15) is 9.18 Å². The third kappa shape index (κ3) is 2.98. The third-order valence-electron chi connectivity index (χ3n) is 3.85. The van der Waals surface area contributed by atoms with Crippen LogP contribution in [0.4, 0.5) is 4.39 Å². The van der Waals surface area contributed by atoms with Crippen LogP contribution in [0.25, 0.3) is 0 Å². The van der Waals surface area contributed by atoms with E-state index in [1.807, 2.05) is 19.1 Å². The average molecular weight is 303 g/mol. The molecule has 3 rings (SSSR count). The zero-order valence-corrected chi connectivity index (χ0v) is 12.4. The van der Waals surface area contributed by atoms with Crippen molar-refractivity contribution in [3.05, 3.63) is 53.7 Å². The molecule has 1 amide bonds. The van der Waals surface area contributed by atoms with Crippen molar-refractivity contribution in [1.82, 2.24) is 4.90 Å². The van der Waals surface area contributed by atoms with Crippen LogP contribution in [0.5, 0.6) is 5.75 Å². The molecule has 0 aliphatic carbocycles. The van der Waals surface area contributed by atoms with Gasteiger partial charge in [-0.2, -0.15) is 0 Å². The van der Waals surface area contributed by atoms with E-state index in [1.54, 1.807) is 17.0 Å². The van der Waals surface area contributed by atoms with Crippen molar-refractivity contribution in [3.8, 4) is 5.75 Å². The molecule has 1 aliphatic heterocycles. The number of likely N-dealkylation sites (tertiary alicyclic amines) is 1. The van der Waals surface area contributed by atoms with E-state index in [4.69, 9.17) is 9.15 Å². The molecule has 0 bridgehead atoms. The highest BCUT2D eigenvalue weighted by molar-refractivity contribution is 5.78. The highest BCUT2D eigenvalue weighted by Gasteiger charge is 2.32. The molecule has 1 fully saturated rings. The second-order valence-electron chi connectivity index (χ2n) is 5.41. The molecule has 116 valence electrons. The molecular weight excluding hydrogens is 285 g/mol. The standard InChI is InChI=1S/C17H18FNO3/c1-12-8-9-16(22-12)14-6-4-10-19(14)17(20)11-21-15-7-3-2-5-13(15)18/h2-3,5,7-9,14H,4,6,10-11H2,1H3/t14-/m0/s1. The molecule has 1 atom stereocenters. The highest BCUT2D eigenvalue weighted by Crippen LogP contribution is 2.33. The van der Waals surface area contributed by atoms with Gasteiger partial charge in [0.2, 0.25) is 0 Å². The Morgan fingerprint density at radius 1 is 1.36 bits per heavy atom. The third-order valence-corrected chi connectivity index (χ3v) is 3.85. The summed E-state index contributed by atoms with van der Waals surface area (Å²) in [6.07, 6.45) is 1.80. The van der Waals surface area contributed by atoms with E-state index < -0.39 is 5.82 Å². The Labute approximate surface area is 128 Å². The number of carbonyl (C=O) groups excluding carboxylic acids is 1. The minimum Gasteiger partial charge on any atom is -0.481 e. The Kier molecular flexibility index (Phi) is 4.13. The van der Waals surface area contributed by atoms with Crippen molar-refractivity contribution < 1.29 is 18.3 Å². The number of aryl methyl sites for hydroxylation is 1. The maximum Gasteiger partial charge on any atom is 0.261 e. The molecule has 1 aromatic carbocycles. The van der Waals surface area contributed by atoms with Gasteiger partial charge in [-0.25, -0.2) is 4.39 Å². The van der Waals surface area contributed by atoms with E-state index in [-0.39, 0.29) is 24.3 Å². The van der Waals surface area contributed by atoms with Gasteiger partial charge in [0.05, 0.1) is 6.04 Å². The predicted octanol–water partition coefficient (Wildman–Crippen LogP) is 3.47. The van der Waals surface area contributed by atoms with Gasteiger partial charge in [-0.15, -0.1) is 0 Å². The number of hydrogen-bond acceptors (Lipinski definition) is 3. The lowest BCUT2D eigenvalue weighted by Gasteiger charge is -2.23. The number of rotatable bonds is 4. The summed E-state index contributed by atoms with van der Waals surface area (Å²) in [5.41, 5.74) is 0. The van der Waals surface area contributed by atoms with E-state index in [2.05, 4.69) is 0 Å². The monoisotopic (exact) mass is 303 g/mol. The Hall–Kier alpha value is -2.30. The molecule has 0 spiro atoms. The quantitative estimate of drug-likeness (QED) is 0.868. The molecule has 22 heavy (non-hydrogen) atoms. The number of furan rings is 1. The first kappa shape index (κ1) is 14.6. The van der Waals surface area contributed by atoms with Crippen molar-refractivity contribution in [2.45, 2.75) is 25.8 Å². The van der Waals surface area contributed by atoms with Crippen LogP contribution in [0.3, 0.4) is 0 Å². The highest BCUT2D eigenvalue weighted by atomic mass is 19.1. The number of nitrogens with zero attached hydrogens (tertiary/aromatic N) is 1. The maximum absolute atomic E-state index is 13.5. The fraction of sp³-hybridized carbons (Fsp3) is 0.353. The Balaban J connectivity index is 1.65. The van der Waals surface area contributed by atoms with Gasteiger partial charge in [-0.3, -0.25) is 4.79 Å². The SMILES string of the molecule is Cc1ccc([C@@H]2CCCN2C(=O)COc2ccccc2F)o1. The maximum atomic E-state index is 13.5. The van der Waals surface area contributed by atoms with Gasteiger partial charge >= 0.3 is 0 Å². The summed E-state index contributed by atoms with van der Waals surface area (Å²) in [7, 11) is 0. The first-order valence-corrected chi connectivity index (χ1v) is 7.38. The Bertz CT molecular complexity index is 667. The lowest BCUT2D eigenvalue weighted by atomic mass is 10.1. The molecule has 1 aliphatic rings. The normalized spacial score (nSPS) is 17.7. The van der Waals surface area contributed by atoms with Crippen molar-refractivity contribution in [1.29, 1.82) is 0 Å². The zero-order chi connectivity index (χ0) is 15.5. The van der Waals surface area contributed by atoms with Gasteiger partial charge in [0.25, 0.3) is 5.91 Å². The predicted molar refractivity (Wildman–Crippen MR) is 79.0 cm³/mol. The van der Waals surface area contributed by atoms with Crippen LogP contribution >= 0.6 is 0 Å². The number of ether oxygens (including phenoxy) is 1. The van der Waals surface area contributed by atoms with Crippen LogP contribution in [0.1, 0.15) is 30.4 Å². The summed E-state index contributed by atoms with van der Waals surface area (Å²) >= 11 is 0. The minimum atomic E-state index is -0.463. The van der Waals surface area contributed by atoms with E-state index >= 15 is 0 Å². The molecule has 0 N–H and O–H groups in total. The molecule has 0 saturated carbocycles. The summed E-state index contributed by atoms with van der Waals surface area (Å²) in [6.45, 7) is 2.38. The zero-order valence-electron chi connectivity index (χ0n) is 12.4. The van der Waals surface area contributed by atoms with Gasteiger partial charge < -0.3 is 14.1 Å². The van der Waals surface area contributed by atoms with Gasteiger partial charge in [0, 0.05) is 6.54 Å². The first-order valence-electron chi connectivity index (χ1n) is 7.38. The molecule has 0 radical (unpaired) electrons. The Morgan fingerprint density at radius 2 is 2.18 bits per heavy atom. The summed E-state index contributed by atoms with van der Waals surface area (Å²) in [4.78, 5) is 14.1. The number of amides is 1. The van der Waals surface area contributed by atoms with Crippen molar-refractivity contribution >= 4 is 5.91 Å². The van der Waals surface area contributed by atoms with Crippen LogP contribution in [-0.2, 0) is 4.79 Å². The fourth-order valence-electron chi connectivity index (χ4n) is 2.78. The molecule has 1 aromatic heterocycles. The first-order chi connectivity index (χ1) is 10.6. The molecule has 1 saturated heterocycles. The van der Waals surface area contributed by atoms with Crippen molar-refractivity contribution in [3.63, 3.8) is 0 Å². The lowest BCUT2D eigenvalue weighted by Crippen LogP contribution is -2.34. The average Bonchev–Trinajstić information content (AvgIpc) is 3.14. The van der Waals surface area contributed by atoms with E-state index in [1.165, 1.54) is 12.1 Å². The number of benzene rings is 1. The lowest BCUT2D eigenvalue weighted by molar-refractivity contribution is -0.134. The summed E-state index contributed by atoms with van der Waals surface area (Å²) in [5, 5.41) is 0. The van der Waals surface area contributed by atoms with E-state index in [0.717, 1.165) is 24.4 Å².